The summed E-state index contributed by atoms with van der Waals surface area (Å²) in [5.74, 6) is 1.38. The van der Waals surface area contributed by atoms with Gasteiger partial charge in [0.1, 0.15) is 46.2 Å². The van der Waals surface area contributed by atoms with Crippen molar-refractivity contribution >= 4 is 90.4 Å². The molecule has 0 atom stereocenters. The van der Waals surface area contributed by atoms with E-state index in [1.807, 2.05) is 62.4 Å². The number of nitrogens with one attached hydrogen (secondary N) is 2. The Bertz CT molecular complexity index is 2860. The standard InChI is InChI=1S/C42H26Cl4N8O2/c1-3-55-23-9-5-21(6-10-23)39-37-38(42(53-39)26(18-48)36-20-50-32-14-28(44)30(46)16-34(32)52-36)40(22-7-11-24(12-8-22)56-4-2)54-41(37)25(17-47)35-19-49-31-13-27(43)29(45)15-33(31)51-35/h5-16,19-20,53-54H,3-4H2,1-2H3/b41-25-,42-26-. The van der Waals surface area contributed by atoms with Crippen LogP contribution in [0, 0.1) is 22.7 Å². The van der Waals surface area contributed by atoms with Gasteiger partial charge in [0.25, 0.3) is 0 Å². The number of nitrogens with zero attached hydrogens (tertiary/aromatic N) is 6. The molecule has 0 amide bonds. The Labute approximate surface area is 339 Å². The van der Waals surface area contributed by atoms with Gasteiger partial charge in [0.05, 0.1) is 89.9 Å². The minimum absolute atomic E-state index is 0.195. The number of benzene rings is 4. The van der Waals surface area contributed by atoms with Crippen molar-refractivity contribution in [2.45, 2.75) is 13.8 Å². The number of nitriles is 2. The van der Waals surface area contributed by atoms with Gasteiger partial charge in [0.2, 0.25) is 0 Å². The summed E-state index contributed by atoms with van der Waals surface area (Å²) in [4.78, 5) is 25.9. The van der Waals surface area contributed by atoms with E-state index in [0.717, 1.165) is 11.1 Å². The lowest BCUT2D eigenvalue weighted by Gasteiger charge is -2.06. The molecular weight excluding hydrogens is 790 g/mol. The first-order valence-corrected chi connectivity index (χ1v) is 18.8. The van der Waals surface area contributed by atoms with Crippen LogP contribution in [0.2, 0.25) is 20.1 Å². The van der Waals surface area contributed by atoms with Crippen molar-refractivity contribution in [2.75, 3.05) is 13.2 Å². The van der Waals surface area contributed by atoms with E-state index in [9.17, 15) is 10.5 Å². The lowest BCUT2D eigenvalue weighted by atomic mass is 10.0. The molecule has 14 heteroatoms. The topological polar surface area (TPSA) is 149 Å². The first-order valence-electron chi connectivity index (χ1n) is 17.2. The maximum Gasteiger partial charge on any atom is 0.119 e. The molecule has 0 unspecified atom stereocenters. The van der Waals surface area contributed by atoms with E-state index in [1.165, 1.54) is 12.4 Å². The monoisotopic (exact) mass is 814 g/mol. The van der Waals surface area contributed by atoms with Crippen molar-refractivity contribution in [3.05, 3.63) is 127 Å². The third-order valence-corrected chi connectivity index (χ3v) is 10.5. The van der Waals surface area contributed by atoms with Gasteiger partial charge in [-0.3, -0.25) is 9.97 Å². The van der Waals surface area contributed by atoms with Crippen molar-refractivity contribution in [1.29, 1.82) is 10.5 Å². The van der Waals surface area contributed by atoms with Gasteiger partial charge in [0, 0.05) is 10.8 Å². The van der Waals surface area contributed by atoms with Gasteiger partial charge in [-0.15, -0.1) is 0 Å². The van der Waals surface area contributed by atoms with Crippen LogP contribution >= 0.6 is 46.4 Å². The third kappa shape index (κ3) is 6.63. The van der Waals surface area contributed by atoms with Crippen LogP contribution in [0.25, 0.3) is 66.5 Å². The van der Waals surface area contributed by atoms with Crippen molar-refractivity contribution in [2.24, 2.45) is 0 Å². The summed E-state index contributed by atoms with van der Waals surface area (Å²) < 4.78 is 11.5. The van der Waals surface area contributed by atoms with Gasteiger partial charge in [-0.25, -0.2) is 9.97 Å². The molecule has 8 rings (SSSR count). The number of ether oxygens (including phenoxy) is 2. The Morgan fingerprint density at radius 2 is 0.929 bits per heavy atom. The van der Waals surface area contributed by atoms with E-state index in [2.05, 4.69) is 32.1 Å². The fourth-order valence-corrected chi connectivity index (χ4v) is 7.20. The quantitative estimate of drug-likeness (QED) is 0.154. The average Bonchev–Trinajstić information content (AvgIpc) is 3.77. The van der Waals surface area contributed by atoms with Crippen LogP contribution in [0.15, 0.2) is 85.2 Å². The first-order chi connectivity index (χ1) is 27.2. The van der Waals surface area contributed by atoms with Crippen LogP contribution in [0.3, 0.4) is 0 Å². The highest BCUT2D eigenvalue weighted by Crippen LogP contribution is 2.34. The maximum absolute atomic E-state index is 10.9. The minimum Gasteiger partial charge on any atom is -0.494 e. The first kappa shape index (κ1) is 36.8. The second-order valence-corrected chi connectivity index (χ2v) is 14.0. The molecule has 56 heavy (non-hydrogen) atoms. The Kier molecular flexibility index (Phi) is 9.98. The molecule has 4 aromatic heterocycles. The lowest BCUT2D eigenvalue weighted by molar-refractivity contribution is 0.340. The molecule has 0 saturated heterocycles. The Balaban J connectivity index is 1.53. The summed E-state index contributed by atoms with van der Waals surface area (Å²) in [6.07, 6.45) is 3.04. The molecule has 0 aliphatic rings. The normalized spacial score (nSPS) is 12.4. The molecule has 2 N–H and O–H groups in total. The van der Waals surface area contributed by atoms with Crippen LogP contribution < -0.4 is 20.2 Å². The highest BCUT2D eigenvalue weighted by molar-refractivity contribution is 6.43. The van der Waals surface area contributed by atoms with Crippen LogP contribution in [0.4, 0.5) is 0 Å². The smallest absolute Gasteiger partial charge is 0.119 e. The molecule has 0 bridgehead atoms. The Morgan fingerprint density at radius 1 is 0.571 bits per heavy atom. The molecule has 10 nitrogen and oxygen atoms in total. The lowest BCUT2D eigenvalue weighted by Crippen LogP contribution is -2.12. The number of H-pyrrole nitrogens is 2. The molecule has 0 spiro atoms. The van der Waals surface area contributed by atoms with Crippen LogP contribution in [-0.4, -0.2) is 43.1 Å². The summed E-state index contributed by atoms with van der Waals surface area (Å²) in [5, 5.41) is 25.2. The second kappa shape index (κ2) is 15.2. The summed E-state index contributed by atoms with van der Waals surface area (Å²) in [7, 11) is 0. The molecule has 0 fully saturated rings. The van der Waals surface area contributed by atoms with Gasteiger partial charge in [-0.1, -0.05) is 46.4 Å². The van der Waals surface area contributed by atoms with Crippen molar-refractivity contribution in [3.63, 3.8) is 0 Å². The molecular formula is C42H26Cl4N8O2. The SMILES string of the molecule is CCOc1ccc(-c2[nH]/c(=C(/C#N)c3cnc4cc(Cl)c(Cl)cc4n3)c3c(-c4ccc(OCC)cc4)[nH]/c(=C(/C#N)c4cnc5cc(Cl)c(Cl)cc5n4)c23)cc1. The van der Waals surface area contributed by atoms with Gasteiger partial charge < -0.3 is 19.4 Å². The molecule has 4 heterocycles. The van der Waals surface area contributed by atoms with Gasteiger partial charge >= 0.3 is 0 Å². The predicted molar refractivity (Wildman–Crippen MR) is 220 cm³/mol. The predicted octanol–water partition coefficient (Wildman–Crippen LogP) is 9.57. The fourth-order valence-electron chi connectivity index (χ4n) is 6.57. The van der Waals surface area contributed by atoms with Crippen LogP contribution in [0.5, 0.6) is 11.5 Å². The van der Waals surface area contributed by atoms with E-state index in [1.54, 1.807) is 24.3 Å². The number of hydrogen-bond donors (Lipinski definition) is 2. The summed E-state index contributed by atoms with van der Waals surface area (Å²) in [6.45, 7) is 4.83. The van der Waals surface area contributed by atoms with Gasteiger partial charge in [-0.05, 0) is 97.8 Å². The number of aromatic nitrogens is 6. The number of aromatic amines is 2. The molecule has 8 aromatic rings. The minimum atomic E-state index is 0.195. The average molecular weight is 817 g/mol. The highest BCUT2D eigenvalue weighted by Gasteiger charge is 2.23. The number of fused-ring (bicyclic) bond motifs is 3. The molecule has 0 saturated carbocycles. The molecule has 0 aliphatic carbocycles. The highest BCUT2D eigenvalue weighted by atomic mass is 35.5. The summed E-state index contributed by atoms with van der Waals surface area (Å²) in [6, 6.07) is 26.3. The van der Waals surface area contributed by atoms with E-state index in [-0.39, 0.29) is 11.1 Å². The fraction of sp³-hybridized carbons (Fsp3) is 0.0952. The summed E-state index contributed by atoms with van der Waals surface area (Å²) in [5.41, 5.74) is 5.67. The van der Waals surface area contributed by atoms with Gasteiger partial charge in [-0.2, -0.15) is 10.5 Å². The zero-order valence-corrected chi connectivity index (χ0v) is 32.5. The van der Waals surface area contributed by atoms with Crippen LogP contribution in [0.1, 0.15) is 25.2 Å². The van der Waals surface area contributed by atoms with E-state index in [0.29, 0.717) is 111 Å². The van der Waals surface area contributed by atoms with E-state index in [4.69, 9.17) is 65.8 Å². The Morgan fingerprint density at radius 3 is 1.27 bits per heavy atom. The van der Waals surface area contributed by atoms with Gasteiger partial charge in [0.15, 0.2) is 0 Å². The summed E-state index contributed by atoms with van der Waals surface area (Å²) >= 11 is 25.3. The molecule has 4 aromatic carbocycles. The number of rotatable bonds is 8. The Hall–Kier alpha value is -6.14. The largest absolute Gasteiger partial charge is 0.494 e. The van der Waals surface area contributed by atoms with Crippen molar-refractivity contribution in [3.8, 4) is 46.2 Å². The molecule has 274 valence electrons. The van der Waals surface area contributed by atoms with Crippen molar-refractivity contribution < 1.29 is 9.47 Å². The van der Waals surface area contributed by atoms with E-state index >= 15 is 0 Å². The number of halogens is 4. The zero-order chi connectivity index (χ0) is 39.1. The molecule has 0 aliphatic heterocycles. The number of hydrogen-bond acceptors (Lipinski definition) is 8. The third-order valence-electron chi connectivity index (χ3n) is 9.06. The maximum atomic E-state index is 10.9. The van der Waals surface area contributed by atoms with Crippen molar-refractivity contribution in [1.82, 2.24) is 29.9 Å². The van der Waals surface area contributed by atoms with E-state index < -0.39 is 0 Å². The second-order valence-electron chi connectivity index (χ2n) is 12.4. The van der Waals surface area contributed by atoms with Crippen LogP contribution in [-0.2, 0) is 0 Å². The zero-order valence-electron chi connectivity index (χ0n) is 29.5. The molecule has 0 radical (unpaired) electrons.